The highest BCUT2D eigenvalue weighted by molar-refractivity contribution is 5.86. The molecule has 2 heterocycles. The van der Waals surface area contributed by atoms with Gasteiger partial charge in [-0.1, -0.05) is 12.1 Å². The van der Waals surface area contributed by atoms with Crippen LogP contribution in [0.5, 0.6) is 5.75 Å². The van der Waals surface area contributed by atoms with Gasteiger partial charge >= 0.3 is 0 Å². The maximum Gasteiger partial charge on any atom is 0.161 e. The van der Waals surface area contributed by atoms with E-state index in [0.29, 0.717) is 11.5 Å². The number of methoxy groups -OCH3 is 1. The molecule has 0 aliphatic carbocycles. The molecule has 0 fully saturated rings. The number of hydrogen-bond donors (Lipinski definition) is 1. The highest BCUT2D eigenvalue weighted by Crippen LogP contribution is 2.28. The summed E-state index contributed by atoms with van der Waals surface area (Å²) in [7, 11) is 1.65. The second kappa shape index (κ2) is 4.57. The van der Waals surface area contributed by atoms with E-state index in [0.717, 1.165) is 22.3 Å². The number of fused-ring (bicyclic) bond motifs is 1. The molecule has 0 amide bonds. The number of nitrogens with two attached hydrogens (primary N) is 1. The van der Waals surface area contributed by atoms with Gasteiger partial charge in [0.15, 0.2) is 5.65 Å². The normalized spacial score (nSPS) is 10.6. The zero-order chi connectivity index (χ0) is 13.2. The minimum Gasteiger partial charge on any atom is -0.497 e. The molecule has 0 aliphatic heterocycles. The Balaban J connectivity index is 2.15. The lowest BCUT2D eigenvalue weighted by molar-refractivity contribution is 0.415. The minimum absolute atomic E-state index is 0.483. The van der Waals surface area contributed by atoms with E-state index in [1.165, 1.54) is 0 Å². The maximum absolute atomic E-state index is 6.01. The van der Waals surface area contributed by atoms with E-state index >= 15 is 0 Å². The van der Waals surface area contributed by atoms with Gasteiger partial charge in [0.25, 0.3) is 0 Å². The molecular formula is C15H13N3O. The van der Waals surface area contributed by atoms with Crippen LogP contribution in [0.15, 0.2) is 48.7 Å². The zero-order valence-electron chi connectivity index (χ0n) is 10.5. The molecule has 0 bridgehead atoms. The third-order valence-electron chi connectivity index (χ3n) is 3.02. The van der Waals surface area contributed by atoms with Gasteiger partial charge in [-0.3, -0.25) is 0 Å². The fraction of sp³-hybridized carbons (Fsp3) is 0.0667. The van der Waals surface area contributed by atoms with Gasteiger partial charge in [-0.05, 0) is 35.9 Å². The van der Waals surface area contributed by atoms with Gasteiger partial charge in [-0.25, -0.2) is 9.97 Å². The predicted molar refractivity (Wildman–Crippen MR) is 75.9 cm³/mol. The van der Waals surface area contributed by atoms with Gasteiger partial charge in [0.1, 0.15) is 11.6 Å². The van der Waals surface area contributed by atoms with Crippen LogP contribution in [0.3, 0.4) is 0 Å². The average Bonchev–Trinajstić information content (AvgIpc) is 2.47. The average molecular weight is 251 g/mol. The third kappa shape index (κ3) is 2.08. The predicted octanol–water partition coefficient (Wildman–Crippen LogP) is 2.89. The fourth-order valence-electron chi connectivity index (χ4n) is 2.02. The molecule has 2 N–H and O–H groups in total. The van der Waals surface area contributed by atoms with E-state index in [2.05, 4.69) is 9.97 Å². The van der Waals surface area contributed by atoms with E-state index in [1.807, 2.05) is 42.5 Å². The molecular weight excluding hydrogens is 238 g/mol. The van der Waals surface area contributed by atoms with Crippen molar-refractivity contribution < 1.29 is 4.74 Å². The Kier molecular flexibility index (Phi) is 2.76. The summed E-state index contributed by atoms with van der Waals surface area (Å²) in [6, 6.07) is 13.6. The Labute approximate surface area is 110 Å². The summed E-state index contributed by atoms with van der Waals surface area (Å²) in [6.07, 6.45) is 1.71. The summed E-state index contributed by atoms with van der Waals surface area (Å²) in [4.78, 5) is 8.52. The van der Waals surface area contributed by atoms with E-state index < -0.39 is 0 Å². The van der Waals surface area contributed by atoms with Crippen molar-refractivity contribution in [2.75, 3.05) is 12.8 Å². The fourth-order valence-corrected chi connectivity index (χ4v) is 2.02. The molecule has 1 aromatic carbocycles. The molecule has 0 aliphatic rings. The molecule has 4 nitrogen and oxygen atoms in total. The molecule has 0 spiro atoms. The van der Waals surface area contributed by atoms with Crippen molar-refractivity contribution in [1.29, 1.82) is 0 Å². The Bertz CT molecular complexity index is 723. The van der Waals surface area contributed by atoms with Crippen LogP contribution >= 0.6 is 0 Å². The Morgan fingerprint density at radius 1 is 1.11 bits per heavy atom. The molecule has 2 aromatic heterocycles. The number of nitrogen functional groups attached to an aromatic ring is 1. The summed E-state index contributed by atoms with van der Waals surface area (Å²) in [5.74, 6) is 1.30. The first-order chi connectivity index (χ1) is 9.28. The molecule has 0 saturated heterocycles. The first-order valence-corrected chi connectivity index (χ1v) is 5.93. The van der Waals surface area contributed by atoms with Crippen LogP contribution in [0.4, 0.5) is 5.82 Å². The largest absolute Gasteiger partial charge is 0.497 e. The topological polar surface area (TPSA) is 61.0 Å². The van der Waals surface area contributed by atoms with Gasteiger partial charge in [0, 0.05) is 17.1 Å². The summed E-state index contributed by atoms with van der Waals surface area (Å²) in [5.41, 5.74) is 8.59. The zero-order valence-corrected chi connectivity index (χ0v) is 10.5. The molecule has 94 valence electrons. The van der Waals surface area contributed by atoms with E-state index in [4.69, 9.17) is 10.5 Å². The van der Waals surface area contributed by atoms with Crippen molar-refractivity contribution in [3.8, 4) is 16.9 Å². The molecule has 3 rings (SSSR count). The standard InChI is InChI=1S/C15H13N3O/c1-19-12-6-4-10(5-7-12)13-9-11-3-2-8-17-15(11)18-14(13)16/h2-9H,1H3,(H2,16,17,18). The van der Waals surface area contributed by atoms with Gasteiger partial charge in [0.05, 0.1) is 7.11 Å². The summed E-state index contributed by atoms with van der Waals surface area (Å²) in [5, 5.41) is 0.975. The maximum atomic E-state index is 6.01. The second-order valence-electron chi connectivity index (χ2n) is 4.20. The molecule has 0 saturated carbocycles. The van der Waals surface area contributed by atoms with Gasteiger partial charge in [-0.2, -0.15) is 0 Å². The number of ether oxygens (including phenoxy) is 1. The van der Waals surface area contributed by atoms with Gasteiger partial charge in [-0.15, -0.1) is 0 Å². The van der Waals surface area contributed by atoms with E-state index in [1.54, 1.807) is 13.3 Å². The highest BCUT2D eigenvalue weighted by atomic mass is 16.5. The van der Waals surface area contributed by atoms with Crippen LogP contribution in [-0.4, -0.2) is 17.1 Å². The highest BCUT2D eigenvalue weighted by Gasteiger charge is 2.07. The van der Waals surface area contributed by atoms with Crippen LogP contribution in [-0.2, 0) is 0 Å². The van der Waals surface area contributed by atoms with Crippen molar-refractivity contribution in [2.24, 2.45) is 0 Å². The van der Waals surface area contributed by atoms with E-state index in [-0.39, 0.29) is 0 Å². The first-order valence-electron chi connectivity index (χ1n) is 5.93. The van der Waals surface area contributed by atoms with Crippen LogP contribution < -0.4 is 10.5 Å². The van der Waals surface area contributed by atoms with Gasteiger partial charge < -0.3 is 10.5 Å². The molecule has 0 unspecified atom stereocenters. The summed E-state index contributed by atoms with van der Waals surface area (Å²) in [6.45, 7) is 0. The summed E-state index contributed by atoms with van der Waals surface area (Å²) < 4.78 is 5.15. The lowest BCUT2D eigenvalue weighted by Gasteiger charge is -2.07. The number of aromatic nitrogens is 2. The van der Waals surface area contributed by atoms with Crippen molar-refractivity contribution in [3.63, 3.8) is 0 Å². The van der Waals surface area contributed by atoms with Crippen LogP contribution in [0.1, 0.15) is 0 Å². The number of pyridine rings is 2. The molecule has 0 atom stereocenters. The van der Waals surface area contributed by atoms with Crippen molar-refractivity contribution in [1.82, 2.24) is 9.97 Å². The molecule has 0 radical (unpaired) electrons. The first kappa shape index (κ1) is 11.5. The Hall–Kier alpha value is -2.62. The lowest BCUT2D eigenvalue weighted by atomic mass is 10.1. The lowest BCUT2D eigenvalue weighted by Crippen LogP contribution is -1.96. The number of benzene rings is 1. The summed E-state index contributed by atoms with van der Waals surface area (Å²) >= 11 is 0. The third-order valence-corrected chi connectivity index (χ3v) is 3.02. The van der Waals surface area contributed by atoms with Crippen molar-refractivity contribution in [3.05, 3.63) is 48.7 Å². The molecule has 19 heavy (non-hydrogen) atoms. The monoisotopic (exact) mass is 251 g/mol. The van der Waals surface area contributed by atoms with Gasteiger partial charge in [0.2, 0.25) is 0 Å². The van der Waals surface area contributed by atoms with Crippen LogP contribution in [0.2, 0.25) is 0 Å². The Morgan fingerprint density at radius 3 is 2.63 bits per heavy atom. The smallest absolute Gasteiger partial charge is 0.161 e. The number of nitrogens with zero attached hydrogens (tertiary/aromatic N) is 2. The van der Waals surface area contributed by atoms with Crippen molar-refractivity contribution >= 4 is 16.9 Å². The number of hydrogen-bond acceptors (Lipinski definition) is 4. The second-order valence-corrected chi connectivity index (χ2v) is 4.20. The Morgan fingerprint density at radius 2 is 1.89 bits per heavy atom. The van der Waals surface area contributed by atoms with Crippen LogP contribution in [0.25, 0.3) is 22.2 Å². The number of anilines is 1. The SMILES string of the molecule is COc1ccc(-c2cc3cccnc3nc2N)cc1. The number of rotatable bonds is 2. The van der Waals surface area contributed by atoms with E-state index in [9.17, 15) is 0 Å². The van der Waals surface area contributed by atoms with Crippen LogP contribution in [0, 0.1) is 0 Å². The van der Waals surface area contributed by atoms with Crippen molar-refractivity contribution in [2.45, 2.75) is 0 Å². The minimum atomic E-state index is 0.483. The molecule has 4 heteroatoms. The molecule has 3 aromatic rings. The quantitative estimate of drug-likeness (QED) is 0.760.